The Labute approximate surface area is 100 Å². The molecule has 17 heavy (non-hydrogen) atoms. The summed E-state index contributed by atoms with van der Waals surface area (Å²) >= 11 is 0. The molecule has 2 aromatic heterocycles. The Kier molecular flexibility index (Phi) is 3.23. The summed E-state index contributed by atoms with van der Waals surface area (Å²) in [5.74, 6) is 1.32. The number of hydrogen-bond acceptors (Lipinski definition) is 4. The molecule has 4 heteroatoms. The minimum Gasteiger partial charge on any atom is -0.492 e. The molecule has 2 N–H and O–H groups in total. The van der Waals surface area contributed by atoms with Crippen molar-refractivity contribution in [2.45, 2.75) is 13.8 Å². The number of pyridine rings is 2. The van der Waals surface area contributed by atoms with E-state index in [0.29, 0.717) is 12.4 Å². The van der Waals surface area contributed by atoms with E-state index in [-0.39, 0.29) is 0 Å². The molecule has 0 saturated heterocycles. The average Bonchev–Trinajstić information content (AvgIpc) is 2.33. The number of nitrogen functional groups attached to an aromatic ring is 1. The number of hydrogen-bond donors (Lipinski definition) is 1. The van der Waals surface area contributed by atoms with Crippen LogP contribution in [0, 0.1) is 6.92 Å². The zero-order valence-electron chi connectivity index (χ0n) is 9.97. The van der Waals surface area contributed by atoms with Crippen LogP contribution in [-0.4, -0.2) is 16.6 Å². The van der Waals surface area contributed by atoms with Crippen molar-refractivity contribution in [3.63, 3.8) is 0 Å². The number of rotatable bonds is 3. The monoisotopic (exact) mass is 229 g/mol. The van der Waals surface area contributed by atoms with Crippen LogP contribution >= 0.6 is 0 Å². The van der Waals surface area contributed by atoms with Gasteiger partial charge in [-0.15, -0.1) is 0 Å². The van der Waals surface area contributed by atoms with Crippen LogP contribution in [0.4, 0.5) is 5.82 Å². The van der Waals surface area contributed by atoms with Gasteiger partial charge in [0.1, 0.15) is 11.6 Å². The second-order valence-corrected chi connectivity index (χ2v) is 3.77. The Hall–Kier alpha value is -2.10. The van der Waals surface area contributed by atoms with Crippen LogP contribution in [0.25, 0.3) is 11.1 Å². The van der Waals surface area contributed by atoms with Crippen LogP contribution < -0.4 is 10.5 Å². The Morgan fingerprint density at radius 3 is 2.65 bits per heavy atom. The number of nitrogens with two attached hydrogens (primary N) is 1. The summed E-state index contributed by atoms with van der Waals surface area (Å²) in [6.45, 7) is 4.51. The van der Waals surface area contributed by atoms with Gasteiger partial charge in [0.25, 0.3) is 0 Å². The van der Waals surface area contributed by atoms with E-state index in [0.717, 1.165) is 22.4 Å². The standard InChI is InChI=1S/C13H15N3O/c1-3-17-12-5-11(6-15-8-12)10-4-9(2)13(14)16-7-10/h4-8H,3H2,1-2H3,(H2,14,16). The Morgan fingerprint density at radius 2 is 1.94 bits per heavy atom. The highest BCUT2D eigenvalue weighted by molar-refractivity contribution is 5.65. The van der Waals surface area contributed by atoms with Crippen LogP contribution in [-0.2, 0) is 0 Å². The van der Waals surface area contributed by atoms with Crippen molar-refractivity contribution < 1.29 is 4.74 Å². The highest BCUT2D eigenvalue weighted by Crippen LogP contribution is 2.24. The van der Waals surface area contributed by atoms with Crippen molar-refractivity contribution in [2.75, 3.05) is 12.3 Å². The van der Waals surface area contributed by atoms with Crippen molar-refractivity contribution in [1.82, 2.24) is 9.97 Å². The summed E-state index contributed by atoms with van der Waals surface area (Å²) in [7, 11) is 0. The van der Waals surface area contributed by atoms with E-state index >= 15 is 0 Å². The van der Waals surface area contributed by atoms with Crippen LogP contribution in [0.1, 0.15) is 12.5 Å². The van der Waals surface area contributed by atoms with Crippen molar-refractivity contribution in [2.24, 2.45) is 0 Å². The molecule has 88 valence electrons. The lowest BCUT2D eigenvalue weighted by Crippen LogP contribution is -1.95. The van der Waals surface area contributed by atoms with Crippen molar-refractivity contribution >= 4 is 5.82 Å². The second kappa shape index (κ2) is 4.82. The molecule has 2 heterocycles. The van der Waals surface area contributed by atoms with E-state index in [1.165, 1.54) is 0 Å². The molecule has 0 radical (unpaired) electrons. The minimum atomic E-state index is 0.558. The molecule has 0 spiro atoms. The first kappa shape index (κ1) is 11.4. The predicted octanol–water partition coefficient (Wildman–Crippen LogP) is 2.43. The van der Waals surface area contributed by atoms with E-state index in [1.807, 2.05) is 26.0 Å². The molecule has 0 aromatic carbocycles. The molecule has 0 aliphatic carbocycles. The van der Waals surface area contributed by atoms with Gasteiger partial charge in [0.15, 0.2) is 0 Å². The Balaban J connectivity index is 2.38. The largest absolute Gasteiger partial charge is 0.492 e. The summed E-state index contributed by atoms with van der Waals surface area (Å²) in [6, 6.07) is 3.94. The molecule has 0 bridgehead atoms. The van der Waals surface area contributed by atoms with Gasteiger partial charge in [-0.25, -0.2) is 4.98 Å². The van der Waals surface area contributed by atoms with Gasteiger partial charge in [0.2, 0.25) is 0 Å². The molecule has 0 aliphatic rings. The molecular formula is C13H15N3O. The fraction of sp³-hybridized carbons (Fsp3) is 0.231. The molecule has 0 fully saturated rings. The average molecular weight is 229 g/mol. The maximum atomic E-state index is 5.69. The van der Waals surface area contributed by atoms with E-state index in [9.17, 15) is 0 Å². The number of ether oxygens (including phenoxy) is 1. The molecule has 0 amide bonds. The van der Waals surface area contributed by atoms with Gasteiger partial charge in [0, 0.05) is 23.5 Å². The smallest absolute Gasteiger partial charge is 0.138 e. The fourth-order valence-electron chi connectivity index (χ4n) is 1.57. The minimum absolute atomic E-state index is 0.558. The molecular weight excluding hydrogens is 214 g/mol. The molecule has 0 atom stereocenters. The Bertz CT molecular complexity index is 526. The zero-order valence-corrected chi connectivity index (χ0v) is 9.97. The highest BCUT2D eigenvalue weighted by Gasteiger charge is 2.03. The first-order valence-corrected chi connectivity index (χ1v) is 5.51. The molecule has 0 aliphatic heterocycles. The van der Waals surface area contributed by atoms with Crippen molar-refractivity contribution in [3.05, 3.63) is 36.3 Å². The maximum absolute atomic E-state index is 5.69. The zero-order chi connectivity index (χ0) is 12.3. The molecule has 0 saturated carbocycles. The topological polar surface area (TPSA) is 61.0 Å². The van der Waals surface area contributed by atoms with Crippen LogP contribution in [0.3, 0.4) is 0 Å². The lowest BCUT2D eigenvalue weighted by atomic mass is 10.1. The molecule has 2 rings (SSSR count). The predicted molar refractivity (Wildman–Crippen MR) is 67.8 cm³/mol. The van der Waals surface area contributed by atoms with Crippen molar-refractivity contribution in [1.29, 1.82) is 0 Å². The van der Waals surface area contributed by atoms with Gasteiger partial charge < -0.3 is 10.5 Å². The summed E-state index contributed by atoms with van der Waals surface area (Å²) in [4.78, 5) is 8.29. The molecule has 2 aromatic rings. The second-order valence-electron chi connectivity index (χ2n) is 3.77. The number of aryl methyl sites for hydroxylation is 1. The van der Waals surface area contributed by atoms with Gasteiger partial charge in [-0.2, -0.15) is 0 Å². The van der Waals surface area contributed by atoms with Crippen LogP contribution in [0.15, 0.2) is 30.7 Å². The van der Waals surface area contributed by atoms with Crippen LogP contribution in [0.5, 0.6) is 5.75 Å². The van der Waals surface area contributed by atoms with Gasteiger partial charge in [-0.3, -0.25) is 4.98 Å². The third kappa shape index (κ3) is 2.53. The SMILES string of the molecule is CCOc1cncc(-c2cnc(N)c(C)c2)c1. The lowest BCUT2D eigenvalue weighted by Gasteiger charge is -2.07. The van der Waals surface area contributed by atoms with E-state index in [4.69, 9.17) is 10.5 Å². The van der Waals surface area contributed by atoms with E-state index < -0.39 is 0 Å². The quantitative estimate of drug-likeness (QED) is 0.878. The summed E-state index contributed by atoms with van der Waals surface area (Å²) in [6.07, 6.45) is 5.23. The molecule has 0 unspecified atom stereocenters. The van der Waals surface area contributed by atoms with E-state index in [1.54, 1.807) is 18.6 Å². The number of aromatic nitrogens is 2. The normalized spacial score (nSPS) is 10.2. The number of anilines is 1. The maximum Gasteiger partial charge on any atom is 0.138 e. The fourth-order valence-corrected chi connectivity index (χ4v) is 1.57. The first-order valence-electron chi connectivity index (χ1n) is 5.51. The van der Waals surface area contributed by atoms with Gasteiger partial charge >= 0.3 is 0 Å². The third-order valence-electron chi connectivity index (χ3n) is 2.48. The van der Waals surface area contributed by atoms with Gasteiger partial charge in [-0.1, -0.05) is 0 Å². The van der Waals surface area contributed by atoms with Gasteiger partial charge in [0.05, 0.1) is 12.8 Å². The number of nitrogens with zero attached hydrogens (tertiary/aromatic N) is 2. The summed E-state index contributed by atoms with van der Waals surface area (Å²) < 4.78 is 5.41. The summed E-state index contributed by atoms with van der Waals surface area (Å²) in [5.41, 5.74) is 8.63. The first-order chi connectivity index (χ1) is 8.20. The van der Waals surface area contributed by atoms with E-state index in [2.05, 4.69) is 9.97 Å². The Morgan fingerprint density at radius 1 is 1.18 bits per heavy atom. The third-order valence-corrected chi connectivity index (χ3v) is 2.48. The summed E-state index contributed by atoms with van der Waals surface area (Å²) in [5, 5.41) is 0. The van der Waals surface area contributed by atoms with Gasteiger partial charge in [-0.05, 0) is 31.5 Å². The lowest BCUT2D eigenvalue weighted by molar-refractivity contribution is 0.339. The van der Waals surface area contributed by atoms with Crippen LogP contribution in [0.2, 0.25) is 0 Å². The van der Waals surface area contributed by atoms with Crippen molar-refractivity contribution in [3.8, 4) is 16.9 Å². The molecule has 4 nitrogen and oxygen atoms in total. The highest BCUT2D eigenvalue weighted by atomic mass is 16.5.